The lowest BCUT2D eigenvalue weighted by Crippen LogP contribution is -2.32. The minimum absolute atomic E-state index is 0.0405. The van der Waals surface area contributed by atoms with Crippen molar-refractivity contribution in [2.45, 2.75) is 32.2 Å². The molecule has 0 unspecified atom stereocenters. The summed E-state index contributed by atoms with van der Waals surface area (Å²) in [5.41, 5.74) is 2.25. The highest BCUT2D eigenvalue weighted by Gasteiger charge is 2.45. The second-order valence-electron chi connectivity index (χ2n) is 8.48. The summed E-state index contributed by atoms with van der Waals surface area (Å²) >= 11 is 0. The van der Waals surface area contributed by atoms with Crippen molar-refractivity contribution in [3.8, 4) is 0 Å². The number of carbonyl (C=O) groups excluding carboxylic acids is 2. The quantitative estimate of drug-likeness (QED) is 0.408. The minimum atomic E-state index is -0.718. The van der Waals surface area contributed by atoms with Crippen LogP contribution in [0.5, 0.6) is 0 Å². The summed E-state index contributed by atoms with van der Waals surface area (Å²) in [6.07, 6.45) is 0.692. The molecule has 2 aromatic rings. The monoisotopic (exact) mass is 424 g/mol. The molecule has 31 heavy (non-hydrogen) atoms. The predicted octanol–water partition coefficient (Wildman–Crippen LogP) is 4.32. The fourth-order valence-corrected chi connectivity index (χ4v) is 3.84. The lowest BCUT2D eigenvalue weighted by Gasteiger charge is -2.26. The molecule has 1 fully saturated rings. The van der Waals surface area contributed by atoms with Gasteiger partial charge in [0.15, 0.2) is 0 Å². The topological polar surface area (TPSA) is 60.9 Å². The number of aliphatic hydroxyl groups is 1. The van der Waals surface area contributed by atoms with Crippen LogP contribution in [0.15, 0.2) is 54.1 Å². The number of ketones is 1. The molecular formula is C25H29FN2O3. The SMILES string of the molecule is CC(C)c1ccc([C@H]2/C(=C(\O)c3ccc(F)cc3)C(=O)C(=O)N2CCCN(C)C)cc1. The Kier molecular flexibility index (Phi) is 6.91. The van der Waals surface area contributed by atoms with Crippen LogP contribution in [0.3, 0.4) is 0 Å². The van der Waals surface area contributed by atoms with E-state index in [1.165, 1.54) is 29.2 Å². The normalized spacial score (nSPS) is 18.4. The number of amides is 1. The van der Waals surface area contributed by atoms with Gasteiger partial charge in [0.1, 0.15) is 11.6 Å². The lowest BCUT2D eigenvalue weighted by molar-refractivity contribution is -0.139. The van der Waals surface area contributed by atoms with Gasteiger partial charge in [-0.3, -0.25) is 9.59 Å². The molecule has 2 aromatic carbocycles. The molecule has 1 aliphatic heterocycles. The Morgan fingerprint density at radius 2 is 1.68 bits per heavy atom. The molecule has 5 nitrogen and oxygen atoms in total. The molecule has 1 N–H and O–H groups in total. The van der Waals surface area contributed by atoms with Gasteiger partial charge in [-0.05, 0) is 68.4 Å². The van der Waals surface area contributed by atoms with Gasteiger partial charge in [0.05, 0.1) is 11.6 Å². The van der Waals surface area contributed by atoms with Crippen molar-refractivity contribution in [2.24, 2.45) is 0 Å². The Labute approximate surface area is 182 Å². The van der Waals surface area contributed by atoms with Gasteiger partial charge in [-0.1, -0.05) is 38.1 Å². The number of benzene rings is 2. The smallest absolute Gasteiger partial charge is 0.295 e. The van der Waals surface area contributed by atoms with Crippen LogP contribution in [0.4, 0.5) is 4.39 Å². The van der Waals surface area contributed by atoms with Crippen LogP contribution in [0, 0.1) is 5.82 Å². The zero-order valence-electron chi connectivity index (χ0n) is 18.4. The first-order valence-electron chi connectivity index (χ1n) is 10.5. The highest BCUT2D eigenvalue weighted by atomic mass is 19.1. The average molecular weight is 425 g/mol. The first kappa shape index (κ1) is 22.7. The van der Waals surface area contributed by atoms with E-state index in [4.69, 9.17) is 0 Å². The molecule has 1 saturated heterocycles. The van der Waals surface area contributed by atoms with E-state index in [2.05, 4.69) is 13.8 Å². The molecule has 0 aliphatic carbocycles. The van der Waals surface area contributed by atoms with Crippen molar-refractivity contribution in [1.29, 1.82) is 0 Å². The molecule has 164 valence electrons. The second-order valence-corrected chi connectivity index (χ2v) is 8.48. The van der Waals surface area contributed by atoms with E-state index in [-0.39, 0.29) is 11.3 Å². The second kappa shape index (κ2) is 9.43. The maximum atomic E-state index is 13.3. The molecule has 0 aromatic heterocycles. The first-order valence-corrected chi connectivity index (χ1v) is 10.5. The molecule has 0 saturated carbocycles. The molecule has 1 amide bonds. The average Bonchev–Trinajstić information content (AvgIpc) is 2.98. The van der Waals surface area contributed by atoms with Gasteiger partial charge in [-0.15, -0.1) is 0 Å². The lowest BCUT2D eigenvalue weighted by atomic mass is 9.93. The highest BCUT2D eigenvalue weighted by Crippen LogP contribution is 2.39. The number of likely N-dealkylation sites (tertiary alicyclic amines) is 1. The zero-order chi connectivity index (χ0) is 22.7. The number of carbonyl (C=O) groups is 2. The molecule has 6 heteroatoms. The van der Waals surface area contributed by atoms with E-state index in [1.807, 2.05) is 43.3 Å². The number of halogens is 1. The predicted molar refractivity (Wildman–Crippen MR) is 119 cm³/mol. The summed E-state index contributed by atoms with van der Waals surface area (Å²) in [4.78, 5) is 29.4. The van der Waals surface area contributed by atoms with Crippen LogP contribution in [-0.4, -0.2) is 53.8 Å². The van der Waals surface area contributed by atoms with Crippen molar-refractivity contribution in [3.63, 3.8) is 0 Å². The third kappa shape index (κ3) is 4.85. The van der Waals surface area contributed by atoms with E-state index in [1.54, 1.807) is 0 Å². The van der Waals surface area contributed by atoms with Crippen LogP contribution >= 0.6 is 0 Å². The summed E-state index contributed by atoms with van der Waals surface area (Å²) in [6.45, 7) is 5.34. The van der Waals surface area contributed by atoms with Gasteiger partial charge in [0.2, 0.25) is 0 Å². The molecule has 0 bridgehead atoms. The Morgan fingerprint density at radius 1 is 1.06 bits per heavy atom. The zero-order valence-corrected chi connectivity index (χ0v) is 18.4. The van der Waals surface area contributed by atoms with E-state index in [0.717, 1.165) is 17.7 Å². The van der Waals surface area contributed by atoms with E-state index in [9.17, 15) is 19.1 Å². The molecular weight excluding hydrogens is 395 g/mol. The van der Waals surface area contributed by atoms with Crippen LogP contribution in [-0.2, 0) is 9.59 Å². The molecule has 1 atom stereocenters. The highest BCUT2D eigenvalue weighted by molar-refractivity contribution is 6.46. The Balaban J connectivity index is 2.08. The molecule has 1 heterocycles. The fourth-order valence-electron chi connectivity index (χ4n) is 3.84. The van der Waals surface area contributed by atoms with E-state index >= 15 is 0 Å². The minimum Gasteiger partial charge on any atom is -0.507 e. The van der Waals surface area contributed by atoms with Crippen LogP contribution in [0.25, 0.3) is 5.76 Å². The number of Topliss-reactive ketones (excluding diaryl/α,β-unsaturated/α-hetero) is 1. The Morgan fingerprint density at radius 3 is 2.23 bits per heavy atom. The summed E-state index contributed by atoms with van der Waals surface area (Å²) in [5.74, 6) is -1.72. The standard InChI is InChI=1S/C25H29FN2O3/c1-16(2)17-6-8-18(9-7-17)22-21(23(29)19-10-12-20(26)13-11-19)24(30)25(31)28(22)15-5-14-27(3)4/h6-13,16,22,29H,5,14-15H2,1-4H3/b23-21+/t22-/m0/s1. The molecule has 0 radical (unpaired) electrons. The van der Waals surface area contributed by atoms with Gasteiger partial charge in [0, 0.05) is 12.1 Å². The number of aliphatic hydroxyl groups excluding tert-OH is 1. The van der Waals surface area contributed by atoms with E-state index < -0.39 is 23.5 Å². The summed E-state index contributed by atoms with van der Waals surface area (Å²) in [7, 11) is 3.90. The van der Waals surface area contributed by atoms with Crippen molar-refractivity contribution < 1.29 is 19.1 Å². The van der Waals surface area contributed by atoms with Gasteiger partial charge in [0.25, 0.3) is 11.7 Å². The number of rotatable bonds is 7. The van der Waals surface area contributed by atoms with Crippen molar-refractivity contribution >= 4 is 17.4 Å². The molecule has 1 aliphatic rings. The van der Waals surface area contributed by atoms with Gasteiger partial charge in [-0.25, -0.2) is 4.39 Å². The van der Waals surface area contributed by atoms with E-state index in [0.29, 0.717) is 24.4 Å². The number of hydrogen-bond acceptors (Lipinski definition) is 4. The van der Waals surface area contributed by atoms with Gasteiger partial charge >= 0.3 is 0 Å². The third-order valence-electron chi connectivity index (χ3n) is 5.58. The van der Waals surface area contributed by atoms with Crippen molar-refractivity contribution in [3.05, 3.63) is 76.6 Å². The summed E-state index contributed by atoms with van der Waals surface area (Å²) in [6, 6.07) is 12.3. The number of hydrogen-bond donors (Lipinski definition) is 1. The van der Waals surface area contributed by atoms with Crippen LogP contribution < -0.4 is 0 Å². The largest absolute Gasteiger partial charge is 0.507 e. The van der Waals surface area contributed by atoms with Crippen molar-refractivity contribution in [2.75, 3.05) is 27.2 Å². The van der Waals surface area contributed by atoms with Crippen LogP contribution in [0.1, 0.15) is 48.9 Å². The number of nitrogens with zero attached hydrogens (tertiary/aromatic N) is 2. The summed E-state index contributed by atoms with van der Waals surface area (Å²) < 4.78 is 13.3. The Bertz CT molecular complexity index is 979. The molecule has 3 rings (SSSR count). The van der Waals surface area contributed by atoms with Gasteiger partial charge in [-0.2, -0.15) is 0 Å². The van der Waals surface area contributed by atoms with Gasteiger partial charge < -0.3 is 14.9 Å². The maximum Gasteiger partial charge on any atom is 0.295 e. The fraction of sp³-hybridized carbons (Fsp3) is 0.360. The molecule has 0 spiro atoms. The van der Waals surface area contributed by atoms with Crippen LogP contribution in [0.2, 0.25) is 0 Å². The van der Waals surface area contributed by atoms with Crippen molar-refractivity contribution in [1.82, 2.24) is 9.80 Å². The third-order valence-corrected chi connectivity index (χ3v) is 5.58. The first-order chi connectivity index (χ1) is 14.7. The summed E-state index contributed by atoms with van der Waals surface area (Å²) in [5, 5.41) is 11.0. The Hall–Kier alpha value is -2.99. The maximum absolute atomic E-state index is 13.3.